The fraction of sp³-hybridized carbons (Fsp3) is 0.857. The van der Waals surface area contributed by atoms with Gasteiger partial charge in [-0.3, -0.25) is 0 Å². The molecule has 5 N–H and O–H groups in total. The highest BCUT2D eigenvalue weighted by Gasteiger charge is 2.50. The number of hydrogen-bond acceptors (Lipinski definition) is 8. The van der Waals surface area contributed by atoms with Gasteiger partial charge in [0.25, 0.3) is 6.08 Å². The average Bonchev–Trinajstić information content (AvgIpc) is 2.24. The Bertz CT molecular complexity index is 250. The van der Waals surface area contributed by atoms with E-state index in [1.165, 1.54) is 0 Å². The molecule has 1 saturated carbocycles. The predicted octanol–water partition coefficient (Wildman–Crippen LogP) is -3.56. The van der Waals surface area contributed by atoms with E-state index in [1.54, 1.807) is 0 Å². The van der Waals surface area contributed by atoms with Gasteiger partial charge in [-0.05, 0) is 0 Å². The number of hydrogen-bond donors (Lipinski definition) is 5. The van der Waals surface area contributed by atoms with Crippen LogP contribution in [-0.4, -0.2) is 68.2 Å². The summed E-state index contributed by atoms with van der Waals surface area (Å²) in [5.74, 6) is 0. The minimum atomic E-state index is -1.70. The number of rotatable bonds is 2. The molecule has 86 valence electrons. The molecule has 0 aliphatic heterocycles. The molecule has 0 aromatic heterocycles. The smallest absolute Gasteiger partial charge is 0.276 e. The van der Waals surface area contributed by atoms with Crippen molar-refractivity contribution >= 4 is 6.08 Å². The minimum absolute atomic E-state index is 1.00. The average molecular weight is 221 g/mol. The van der Waals surface area contributed by atoms with Gasteiger partial charge < -0.3 is 30.4 Å². The van der Waals surface area contributed by atoms with Crippen LogP contribution >= 0.6 is 0 Å². The van der Waals surface area contributed by atoms with Crippen molar-refractivity contribution in [2.45, 2.75) is 36.6 Å². The van der Waals surface area contributed by atoms with E-state index in [0.717, 1.165) is 6.08 Å². The van der Waals surface area contributed by atoms with Crippen molar-refractivity contribution in [3.8, 4) is 0 Å². The fourth-order valence-electron chi connectivity index (χ4n) is 1.40. The summed E-state index contributed by atoms with van der Waals surface area (Å²) in [5, 5.41) is 48.9. The van der Waals surface area contributed by atoms with Crippen molar-refractivity contribution in [1.29, 1.82) is 0 Å². The molecule has 1 rings (SSSR count). The zero-order chi connectivity index (χ0) is 11.6. The second-order valence-electron chi connectivity index (χ2n) is 3.21. The van der Waals surface area contributed by atoms with Crippen LogP contribution in [0.4, 0.5) is 0 Å². The van der Waals surface area contributed by atoms with Crippen molar-refractivity contribution in [2.24, 2.45) is 5.16 Å². The van der Waals surface area contributed by atoms with Crippen LogP contribution in [0.5, 0.6) is 0 Å². The molecule has 8 heteroatoms. The molecule has 1 aliphatic carbocycles. The lowest BCUT2D eigenvalue weighted by Gasteiger charge is -2.39. The summed E-state index contributed by atoms with van der Waals surface area (Å²) in [6.45, 7) is 0. The number of nitrogens with zero attached hydrogens (tertiary/aromatic N) is 1. The third-order valence-corrected chi connectivity index (χ3v) is 2.28. The maximum absolute atomic E-state index is 9.73. The van der Waals surface area contributed by atoms with E-state index >= 15 is 0 Å². The molecule has 0 aromatic carbocycles. The first kappa shape index (κ1) is 12.1. The molecule has 0 saturated heterocycles. The molecule has 1 fully saturated rings. The number of aliphatic hydroxyl groups is 5. The van der Waals surface area contributed by atoms with E-state index in [1.807, 2.05) is 0 Å². The van der Waals surface area contributed by atoms with E-state index in [-0.39, 0.29) is 0 Å². The van der Waals surface area contributed by atoms with Gasteiger partial charge in [-0.1, -0.05) is 0 Å². The van der Waals surface area contributed by atoms with Gasteiger partial charge in [0.2, 0.25) is 0 Å². The van der Waals surface area contributed by atoms with Gasteiger partial charge in [0.15, 0.2) is 6.10 Å². The summed E-state index contributed by atoms with van der Waals surface area (Å²) in [7, 11) is 0. The second-order valence-corrected chi connectivity index (χ2v) is 3.21. The molecule has 0 heterocycles. The van der Waals surface area contributed by atoms with Gasteiger partial charge in [0.1, 0.15) is 30.5 Å². The van der Waals surface area contributed by atoms with Gasteiger partial charge in [0, 0.05) is 5.16 Å². The van der Waals surface area contributed by atoms with Crippen molar-refractivity contribution in [2.75, 3.05) is 0 Å². The molecule has 0 aromatic rings. The lowest BCUT2D eigenvalue weighted by Crippen LogP contribution is -2.64. The summed E-state index contributed by atoms with van der Waals surface area (Å²) in [5.41, 5.74) is 0. The minimum Gasteiger partial charge on any atom is -0.387 e. The summed E-state index contributed by atoms with van der Waals surface area (Å²) < 4.78 is 0. The Kier molecular flexibility index (Phi) is 3.75. The highest BCUT2D eigenvalue weighted by Crippen LogP contribution is 2.23. The first-order valence-electron chi connectivity index (χ1n) is 4.14. The van der Waals surface area contributed by atoms with E-state index in [2.05, 4.69) is 9.99 Å². The Morgan fingerprint density at radius 3 is 1.67 bits per heavy atom. The lowest BCUT2D eigenvalue weighted by molar-refractivity contribution is -0.235. The van der Waals surface area contributed by atoms with Gasteiger partial charge in [-0.2, -0.15) is 0 Å². The summed E-state index contributed by atoms with van der Waals surface area (Å²) in [6.07, 6.45) is -8.94. The van der Waals surface area contributed by atoms with Gasteiger partial charge in [0.05, 0.1) is 0 Å². The van der Waals surface area contributed by atoms with Crippen LogP contribution in [0.2, 0.25) is 0 Å². The number of carbonyl (C=O) groups excluding carboxylic acids is 1. The Morgan fingerprint density at radius 2 is 1.27 bits per heavy atom. The maximum atomic E-state index is 9.73. The molecule has 0 bridgehead atoms. The van der Waals surface area contributed by atoms with Crippen LogP contribution in [0.25, 0.3) is 0 Å². The third kappa shape index (κ3) is 2.15. The van der Waals surface area contributed by atoms with Crippen molar-refractivity contribution < 1.29 is 35.2 Å². The Morgan fingerprint density at radius 1 is 0.867 bits per heavy atom. The highest BCUT2D eigenvalue weighted by atomic mass is 16.7. The van der Waals surface area contributed by atoms with Gasteiger partial charge in [-0.25, -0.2) is 4.79 Å². The van der Waals surface area contributed by atoms with E-state index in [0.29, 0.717) is 0 Å². The van der Waals surface area contributed by atoms with Crippen LogP contribution in [-0.2, 0) is 9.63 Å². The number of isocyanates is 1. The first-order chi connectivity index (χ1) is 7.00. The Balaban J connectivity index is 2.81. The van der Waals surface area contributed by atoms with Crippen LogP contribution in [0.1, 0.15) is 0 Å². The second kappa shape index (κ2) is 4.67. The van der Waals surface area contributed by atoms with Gasteiger partial charge >= 0.3 is 0 Å². The molecule has 4 atom stereocenters. The molecule has 0 spiro atoms. The fourth-order valence-corrected chi connectivity index (χ4v) is 1.40. The summed E-state index contributed by atoms with van der Waals surface area (Å²) >= 11 is 0. The van der Waals surface area contributed by atoms with Gasteiger partial charge in [-0.15, -0.1) is 0 Å². The standard InChI is InChI=1S/C7H11NO7/c9-1-8-15-7-5(13)3(11)2(10)4(12)6(7)14/h2-7,10-14H. The van der Waals surface area contributed by atoms with Crippen molar-refractivity contribution in [3.05, 3.63) is 0 Å². The molecule has 15 heavy (non-hydrogen) atoms. The predicted molar refractivity (Wildman–Crippen MR) is 43.0 cm³/mol. The van der Waals surface area contributed by atoms with Crippen LogP contribution in [0.3, 0.4) is 0 Å². The Labute approximate surface area is 84.0 Å². The van der Waals surface area contributed by atoms with Crippen LogP contribution < -0.4 is 0 Å². The molecule has 1 aliphatic rings. The third-order valence-electron chi connectivity index (χ3n) is 2.28. The van der Waals surface area contributed by atoms with Crippen molar-refractivity contribution in [1.82, 2.24) is 0 Å². The summed E-state index contributed by atoms with van der Waals surface area (Å²) in [4.78, 5) is 14.0. The molecule has 0 amide bonds. The zero-order valence-corrected chi connectivity index (χ0v) is 7.46. The van der Waals surface area contributed by atoms with E-state index in [9.17, 15) is 25.2 Å². The summed E-state index contributed by atoms with van der Waals surface area (Å²) in [6, 6.07) is 0. The topological polar surface area (TPSA) is 140 Å². The Hall–Kier alpha value is -1.02. The molecular formula is C7H11NO7. The van der Waals surface area contributed by atoms with Crippen LogP contribution in [0.15, 0.2) is 5.16 Å². The molecule has 4 unspecified atom stereocenters. The van der Waals surface area contributed by atoms with E-state index < -0.39 is 36.6 Å². The number of aliphatic hydroxyl groups excluding tert-OH is 5. The highest BCUT2D eigenvalue weighted by molar-refractivity contribution is 5.31. The van der Waals surface area contributed by atoms with E-state index in [4.69, 9.17) is 5.11 Å². The normalized spacial score (nSPS) is 45.7. The quantitative estimate of drug-likeness (QED) is 0.184. The largest absolute Gasteiger partial charge is 0.387 e. The molecule has 0 radical (unpaired) electrons. The van der Waals surface area contributed by atoms with Crippen molar-refractivity contribution in [3.63, 3.8) is 0 Å². The molecular weight excluding hydrogens is 210 g/mol. The maximum Gasteiger partial charge on any atom is 0.276 e. The monoisotopic (exact) mass is 221 g/mol. The first-order valence-corrected chi connectivity index (χ1v) is 4.14. The zero-order valence-electron chi connectivity index (χ0n) is 7.46. The lowest BCUT2D eigenvalue weighted by atomic mass is 9.85. The van der Waals surface area contributed by atoms with Crippen LogP contribution in [0, 0.1) is 0 Å². The SMILES string of the molecule is O=C=NOC1C(O)C(O)C(O)C(O)C1O. The molecule has 8 nitrogen and oxygen atoms in total.